The summed E-state index contributed by atoms with van der Waals surface area (Å²) in [4.78, 5) is 47.9. The molecule has 1 atom stereocenters. The molecule has 1 saturated heterocycles. The zero-order valence-corrected chi connectivity index (χ0v) is 18.7. The molecule has 11 nitrogen and oxygen atoms in total. The number of hydrogen-bond acceptors (Lipinski definition) is 8. The van der Waals surface area contributed by atoms with Crippen LogP contribution in [0.2, 0.25) is 0 Å². The smallest absolute Gasteiger partial charge is 0.272 e. The maximum atomic E-state index is 12.5. The first-order valence-electron chi connectivity index (χ1n) is 10.9. The van der Waals surface area contributed by atoms with Crippen molar-refractivity contribution in [3.05, 3.63) is 47.5 Å². The minimum absolute atomic E-state index is 0.00822. The Labute approximate surface area is 195 Å². The van der Waals surface area contributed by atoms with Crippen LogP contribution in [0.15, 0.2) is 30.7 Å². The van der Waals surface area contributed by atoms with E-state index in [1.807, 2.05) is 0 Å². The van der Waals surface area contributed by atoms with Gasteiger partial charge >= 0.3 is 0 Å². The lowest BCUT2D eigenvalue weighted by molar-refractivity contribution is -0.118. The summed E-state index contributed by atoms with van der Waals surface area (Å²) >= 11 is 0. The third-order valence-corrected chi connectivity index (χ3v) is 5.85. The molecule has 5 rings (SSSR count). The van der Waals surface area contributed by atoms with Crippen molar-refractivity contribution in [2.24, 2.45) is 0 Å². The fraction of sp³-hybridized carbons (Fsp3) is 0.348. The van der Waals surface area contributed by atoms with Crippen LogP contribution in [0.1, 0.15) is 39.3 Å². The van der Waals surface area contributed by atoms with Crippen molar-refractivity contribution in [2.75, 3.05) is 32.1 Å². The third-order valence-electron chi connectivity index (χ3n) is 5.85. The molecule has 0 radical (unpaired) electrons. The van der Waals surface area contributed by atoms with Gasteiger partial charge in [0.15, 0.2) is 18.6 Å². The number of likely N-dealkylation sites (tertiary alicyclic amines) is 1. The van der Waals surface area contributed by atoms with Crippen LogP contribution in [-0.4, -0.2) is 75.9 Å². The fourth-order valence-corrected chi connectivity index (χ4v) is 3.94. The Hall–Kier alpha value is -3.83. The number of likely N-dealkylation sites (N-methyl/N-ethyl adjacent to an activating group) is 1. The molecule has 2 aliphatic heterocycles. The van der Waals surface area contributed by atoms with E-state index in [0.717, 1.165) is 12.1 Å². The summed E-state index contributed by atoms with van der Waals surface area (Å²) < 4.78 is 5.30. The average molecular weight is 466 g/mol. The highest BCUT2D eigenvalue weighted by atomic mass is 16.5. The highest BCUT2D eigenvalue weighted by Crippen LogP contribution is 2.28. The van der Waals surface area contributed by atoms with Gasteiger partial charge in [-0.05, 0) is 44.1 Å². The second-order valence-electron chi connectivity index (χ2n) is 8.12. The van der Waals surface area contributed by atoms with Gasteiger partial charge < -0.3 is 30.4 Å². The highest BCUT2D eigenvalue weighted by Gasteiger charge is 2.19. The summed E-state index contributed by atoms with van der Waals surface area (Å²) in [6, 6.07) is 5.72. The van der Waals surface area contributed by atoms with Crippen molar-refractivity contribution in [3.63, 3.8) is 0 Å². The van der Waals surface area contributed by atoms with Gasteiger partial charge in [-0.1, -0.05) is 6.07 Å². The quantitative estimate of drug-likeness (QED) is 0.409. The molecule has 3 aromatic rings. The van der Waals surface area contributed by atoms with Crippen molar-refractivity contribution in [1.29, 1.82) is 0 Å². The summed E-state index contributed by atoms with van der Waals surface area (Å²) in [5.41, 5.74) is 2.66. The Balaban J connectivity index is 0.000000291. The first-order valence-corrected chi connectivity index (χ1v) is 10.9. The number of ether oxygens (including phenoxy) is 1. The van der Waals surface area contributed by atoms with Gasteiger partial charge in [0.2, 0.25) is 0 Å². The minimum Gasteiger partial charge on any atom is -0.482 e. The molecule has 0 aliphatic carbocycles. The van der Waals surface area contributed by atoms with Gasteiger partial charge in [-0.25, -0.2) is 9.97 Å². The molecule has 34 heavy (non-hydrogen) atoms. The van der Waals surface area contributed by atoms with E-state index in [1.165, 1.54) is 25.4 Å². The van der Waals surface area contributed by atoms with E-state index in [4.69, 9.17) is 9.84 Å². The highest BCUT2D eigenvalue weighted by molar-refractivity contribution is 6.06. The van der Waals surface area contributed by atoms with E-state index in [2.05, 4.69) is 37.5 Å². The lowest BCUT2D eigenvalue weighted by atomic mass is 10.1. The number of aldehydes is 1. The molecule has 4 heterocycles. The first kappa shape index (κ1) is 23.3. The first-order chi connectivity index (χ1) is 16.5. The Morgan fingerprint density at radius 1 is 1.38 bits per heavy atom. The lowest BCUT2D eigenvalue weighted by Crippen LogP contribution is -2.27. The Morgan fingerprint density at radius 2 is 2.24 bits per heavy atom. The van der Waals surface area contributed by atoms with Crippen LogP contribution < -0.4 is 15.4 Å². The molecule has 1 fully saturated rings. The fourth-order valence-electron chi connectivity index (χ4n) is 3.94. The molecular formula is C23H26N6O5. The lowest BCUT2D eigenvalue weighted by Gasteiger charge is -2.18. The van der Waals surface area contributed by atoms with Gasteiger partial charge in [-0.2, -0.15) is 0 Å². The van der Waals surface area contributed by atoms with Gasteiger partial charge in [0, 0.05) is 18.8 Å². The predicted molar refractivity (Wildman–Crippen MR) is 124 cm³/mol. The number of benzene rings is 1. The number of aliphatic hydroxyl groups excluding tert-OH is 1. The number of aromatic nitrogens is 3. The molecule has 0 saturated carbocycles. The van der Waals surface area contributed by atoms with Gasteiger partial charge in [0.1, 0.15) is 17.6 Å². The van der Waals surface area contributed by atoms with Crippen LogP contribution >= 0.6 is 0 Å². The molecular weight excluding hydrogens is 440 g/mol. The number of hydrogen-bond donors (Lipinski definition) is 4. The summed E-state index contributed by atoms with van der Waals surface area (Å²) in [6.07, 6.45) is 5.81. The van der Waals surface area contributed by atoms with Crippen molar-refractivity contribution in [1.82, 2.24) is 25.2 Å². The van der Waals surface area contributed by atoms with Gasteiger partial charge in [-0.15, -0.1) is 0 Å². The van der Waals surface area contributed by atoms with E-state index in [-0.39, 0.29) is 24.8 Å². The van der Waals surface area contributed by atoms with E-state index in [9.17, 15) is 14.4 Å². The van der Waals surface area contributed by atoms with Crippen molar-refractivity contribution in [2.45, 2.75) is 25.4 Å². The second kappa shape index (κ2) is 10.4. The SMILES string of the molecule is CN1CCCC1CO.O=Cc1c[nH]c2c(C(=O)NCc3ccc4c(c3)NC(=O)CO4)ncnc12. The summed E-state index contributed by atoms with van der Waals surface area (Å²) in [5, 5.41) is 14.2. The van der Waals surface area contributed by atoms with Crippen molar-refractivity contribution in [3.8, 4) is 5.75 Å². The number of carbonyl (C=O) groups excluding carboxylic acids is 3. The maximum absolute atomic E-state index is 12.5. The molecule has 1 aromatic carbocycles. The van der Waals surface area contributed by atoms with Crippen LogP contribution in [0.5, 0.6) is 5.75 Å². The molecule has 178 valence electrons. The van der Waals surface area contributed by atoms with Crippen LogP contribution in [0.25, 0.3) is 11.0 Å². The molecule has 2 aliphatic rings. The van der Waals surface area contributed by atoms with Gasteiger partial charge in [0.05, 0.1) is 23.4 Å². The zero-order valence-electron chi connectivity index (χ0n) is 18.7. The normalized spacial score (nSPS) is 17.2. The zero-order chi connectivity index (χ0) is 24.1. The molecule has 11 heteroatoms. The number of carbonyl (C=O) groups is 3. The number of amides is 2. The standard InChI is InChI=1S/C17H13N5O4.C6H13NO/c23-6-10-5-18-15-14(10)20-8-21-16(15)17(25)19-4-9-1-2-12-11(3-9)22-13(24)7-26-12;1-7-4-2-3-6(7)5-8/h1-3,5-6,8,18H,4,7H2,(H,19,25)(H,22,24);6,8H,2-5H2,1H3. The molecule has 0 bridgehead atoms. The summed E-state index contributed by atoms with van der Waals surface area (Å²) in [5.74, 6) is -0.0422. The Bertz CT molecular complexity index is 1210. The van der Waals surface area contributed by atoms with Crippen LogP contribution in [0.3, 0.4) is 0 Å². The number of anilines is 1. The Morgan fingerprint density at radius 3 is 2.94 bits per heavy atom. The molecule has 2 amide bonds. The summed E-state index contributed by atoms with van der Waals surface area (Å²) in [6.45, 7) is 1.71. The van der Waals surface area contributed by atoms with E-state index >= 15 is 0 Å². The third kappa shape index (κ3) is 5.05. The molecule has 1 unspecified atom stereocenters. The van der Waals surface area contributed by atoms with Gasteiger partial charge in [0.25, 0.3) is 11.8 Å². The topological polar surface area (TPSA) is 150 Å². The maximum Gasteiger partial charge on any atom is 0.272 e. The van der Waals surface area contributed by atoms with Crippen LogP contribution in [-0.2, 0) is 11.3 Å². The minimum atomic E-state index is -0.408. The number of aromatic amines is 1. The second-order valence-corrected chi connectivity index (χ2v) is 8.12. The number of fused-ring (bicyclic) bond motifs is 2. The van der Waals surface area contributed by atoms with Gasteiger partial charge in [-0.3, -0.25) is 14.4 Å². The van der Waals surface area contributed by atoms with Crippen LogP contribution in [0.4, 0.5) is 5.69 Å². The predicted octanol–water partition coefficient (Wildman–Crippen LogP) is 1.10. The summed E-state index contributed by atoms with van der Waals surface area (Å²) in [7, 11) is 2.06. The monoisotopic (exact) mass is 466 g/mol. The van der Waals surface area contributed by atoms with E-state index in [0.29, 0.717) is 47.0 Å². The Kier molecular flexibility index (Phi) is 7.14. The molecule has 2 aromatic heterocycles. The number of nitrogens with one attached hydrogen (secondary N) is 3. The largest absolute Gasteiger partial charge is 0.482 e. The molecule has 4 N–H and O–H groups in total. The number of nitrogens with zero attached hydrogens (tertiary/aromatic N) is 3. The number of H-pyrrole nitrogens is 1. The number of aliphatic hydroxyl groups is 1. The van der Waals surface area contributed by atoms with Crippen molar-refractivity contribution < 1.29 is 24.2 Å². The average Bonchev–Trinajstić information content (AvgIpc) is 3.47. The molecule has 0 spiro atoms. The van der Waals surface area contributed by atoms with E-state index < -0.39 is 5.91 Å². The van der Waals surface area contributed by atoms with Crippen molar-refractivity contribution >= 4 is 34.8 Å². The number of rotatable bonds is 5. The van der Waals surface area contributed by atoms with E-state index in [1.54, 1.807) is 18.2 Å². The van der Waals surface area contributed by atoms with Crippen LogP contribution in [0, 0.1) is 0 Å².